The number of amides is 1. The lowest BCUT2D eigenvalue weighted by Gasteiger charge is -2.28. The number of ether oxygens (including phenoxy) is 1. The number of nitrogens with zero attached hydrogens (tertiary/aromatic N) is 1. The summed E-state index contributed by atoms with van der Waals surface area (Å²) in [4.78, 5) is 14.1. The molecule has 1 aromatic carbocycles. The summed E-state index contributed by atoms with van der Waals surface area (Å²) in [5, 5.41) is 9.98. The average molecular weight is 312 g/mol. The molecule has 1 heterocycles. The van der Waals surface area contributed by atoms with Gasteiger partial charge in [-0.2, -0.15) is 0 Å². The van der Waals surface area contributed by atoms with Gasteiger partial charge in [-0.25, -0.2) is 0 Å². The van der Waals surface area contributed by atoms with Gasteiger partial charge >= 0.3 is 0 Å². The highest BCUT2D eigenvalue weighted by atomic mass is 35.5. The molecular formula is C16H22ClNO3. The van der Waals surface area contributed by atoms with Crippen LogP contribution in [-0.2, 0) is 4.79 Å². The molecule has 1 fully saturated rings. The monoisotopic (exact) mass is 311 g/mol. The largest absolute Gasteiger partial charge is 0.491 e. The lowest BCUT2D eigenvalue weighted by atomic mass is 10.1. The molecule has 21 heavy (non-hydrogen) atoms. The minimum atomic E-state index is -0.0414. The van der Waals surface area contributed by atoms with Gasteiger partial charge in [0.15, 0.2) is 0 Å². The maximum Gasteiger partial charge on any atom is 0.226 e. The normalized spacial score (nSPS) is 19.1. The molecule has 5 heteroatoms. The third-order valence-electron chi connectivity index (χ3n) is 3.82. The van der Waals surface area contributed by atoms with Gasteiger partial charge in [0.05, 0.1) is 30.7 Å². The van der Waals surface area contributed by atoms with Gasteiger partial charge in [-0.1, -0.05) is 36.6 Å². The molecule has 4 nitrogen and oxygen atoms in total. The van der Waals surface area contributed by atoms with Crippen LogP contribution in [0.4, 0.5) is 0 Å². The van der Waals surface area contributed by atoms with Gasteiger partial charge in [-0.15, -0.1) is 0 Å². The van der Waals surface area contributed by atoms with E-state index < -0.39 is 0 Å². The van der Waals surface area contributed by atoms with Crippen molar-refractivity contribution >= 4 is 17.5 Å². The standard InChI is InChI=1S/C16H22ClNO3/c17-14-7-3-4-8-15(14)21-11-9-16(20)18-10-5-1-2-6-13(18)12-19/h3-4,7-8,13,19H,1-2,5-6,9-12H2. The second-order valence-corrected chi connectivity index (χ2v) is 5.71. The third-order valence-corrected chi connectivity index (χ3v) is 4.13. The number of benzene rings is 1. The zero-order chi connectivity index (χ0) is 15.1. The molecule has 116 valence electrons. The summed E-state index contributed by atoms with van der Waals surface area (Å²) in [6.45, 7) is 1.07. The van der Waals surface area contributed by atoms with Crippen LogP contribution in [-0.4, -0.2) is 41.7 Å². The van der Waals surface area contributed by atoms with E-state index in [1.165, 1.54) is 0 Å². The maximum absolute atomic E-state index is 12.3. The molecule has 1 unspecified atom stereocenters. The zero-order valence-corrected chi connectivity index (χ0v) is 12.9. The number of hydrogen-bond acceptors (Lipinski definition) is 3. The van der Waals surface area contributed by atoms with Crippen LogP contribution in [0, 0.1) is 0 Å². The number of likely N-dealkylation sites (tertiary alicyclic amines) is 1. The van der Waals surface area contributed by atoms with E-state index >= 15 is 0 Å². The number of carbonyl (C=O) groups excluding carboxylic acids is 1. The molecule has 0 spiro atoms. The number of para-hydroxylation sites is 1. The van der Waals surface area contributed by atoms with E-state index in [-0.39, 0.29) is 18.6 Å². The first-order chi connectivity index (χ1) is 10.2. The Morgan fingerprint density at radius 1 is 1.33 bits per heavy atom. The predicted octanol–water partition coefficient (Wildman–Crippen LogP) is 2.87. The Labute approximate surface area is 130 Å². The highest BCUT2D eigenvalue weighted by molar-refractivity contribution is 6.32. The minimum Gasteiger partial charge on any atom is -0.491 e. The van der Waals surface area contributed by atoms with Crippen LogP contribution >= 0.6 is 11.6 Å². The molecular weight excluding hydrogens is 290 g/mol. The van der Waals surface area contributed by atoms with Crippen LogP contribution in [0.15, 0.2) is 24.3 Å². The molecule has 0 aromatic heterocycles. The van der Waals surface area contributed by atoms with E-state index in [1.807, 2.05) is 17.0 Å². The van der Waals surface area contributed by atoms with E-state index in [1.54, 1.807) is 12.1 Å². The van der Waals surface area contributed by atoms with Crippen LogP contribution in [0.5, 0.6) is 5.75 Å². The van der Waals surface area contributed by atoms with Gasteiger partial charge in [0.2, 0.25) is 5.91 Å². The second-order valence-electron chi connectivity index (χ2n) is 5.30. The molecule has 0 bridgehead atoms. The van der Waals surface area contributed by atoms with Gasteiger partial charge in [0, 0.05) is 6.54 Å². The molecule has 1 atom stereocenters. The smallest absolute Gasteiger partial charge is 0.226 e. The number of aliphatic hydroxyl groups is 1. The van der Waals surface area contributed by atoms with E-state index in [2.05, 4.69) is 0 Å². The number of carbonyl (C=O) groups is 1. The molecule has 1 aromatic rings. The molecule has 1 amide bonds. The Bertz CT molecular complexity index is 467. The first-order valence-corrected chi connectivity index (χ1v) is 7.88. The van der Waals surface area contributed by atoms with Gasteiger partial charge in [0.1, 0.15) is 5.75 Å². The van der Waals surface area contributed by atoms with Crippen molar-refractivity contribution in [3.05, 3.63) is 29.3 Å². The molecule has 2 rings (SSSR count). The SMILES string of the molecule is O=C(CCOc1ccccc1Cl)N1CCCCCC1CO. The Morgan fingerprint density at radius 2 is 2.14 bits per heavy atom. The van der Waals surface area contributed by atoms with Crippen molar-refractivity contribution in [1.82, 2.24) is 4.90 Å². The van der Waals surface area contributed by atoms with Crippen molar-refractivity contribution in [2.45, 2.75) is 38.1 Å². The highest BCUT2D eigenvalue weighted by Crippen LogP contribution is 2.23. The zero-order valence-electron chi connectivity index (χ0n) is 12.1. The fourth-order valence-corrected chi connectivity index (χ4v) is 2.84. The van der Waals surface area contributed by atoms with Crippen LogP contribution in [0.3, 0.4) is 0 Å². The molecule has 0 radical (unpaired) electrons. The van der Waals surface area contributed by atoms with Crippen LogP contribution in [0.1, 0.15) is 32.1 Å². The Hall–Kier alpha value is -1.26. The molecule has 1 aliphatic heterocycles. The van der Waals surface area contributed by atoms with Gasteiger partial charge in [-0.3, -0.25) is 4.79 Å². The van der Waals surface area contributed by atoms with E-state index in [9.17, 15) is 9.90 Å². The number of hydrogen-bond donors (Lipinski definition) is 1. The van der Waals surface area contributed by atoms with Crippen molar-refractivity contribution in [2.24, 2.45) is 0 Å². The predicted molar refractivity (Wildman–Crippen MR) is 82.6 cm³/mol. The van der Waals surface area contributed by atoms with Crippen molar-refractivity contribution < 1.29 is 14.6 Å². The van der Waals surface area contributed by atoms with Gasteiger partial charge < -0.3 is 14.7 Å². The summed E-state index contributed by atoms with van der Waals surface area (Å²) in [5.41, 5.74) is 0. The Kier molecular flexibility index (Phi) is 6.33. The second kappa shape index (κ2) is 8.25. The number of rotatable bonds is 5. The van der Waals surface area contributed by atoms with Crippen molar-refractivity contribution in [3.8, 4) is 5.75 Å². The summed E-state index contributed by atoms with van der Waals surface area (Å²) >= 11 is 6.00. The lowest BCUT2D eigenvalue weighted by Crippen LogP contribution is -2.42. The lowest BCUT2D eigenvalue weighted by molar-refractivity contribution is -0.134. The molecule has 0 aliphatic carbocycles. The highest BCUT2D eigenvalue weighted by Gasteiger charge is 2.24. The van der Waals surface area contributed by atoms with Crippen molar-refractivity contribution in [1.29, 1.82) is 0 Å². The quantitative estimate of drug-likeness (QED) is 0.909. The summed E-state index contributed by atoms with van der Waals surface area (Å²) in [6, 6.07) is 7.19. The van der Waals surface area contributed by atoms with Crippen molar-refractivity contribution in [2.75, 3.05) is 19.8 Å². The maximum atomic E-state index is 12.3. The Morgan fingerprint density at radius 3 is 2.90 bits per heavy atom. The first kappa shape index (κ1) is 16.1. The third kappa shape index (κ3) is 4.61. The first-order valence-electron chi connectivity index (χ1n) is 7.50. The summed E-state index contributed by atoms with van der Waals surface area (Å²) in [7, 11) is 0. The average Bonchev–Trinajstić information content (AvgIpc) is 2.74. The van der Waals surface area contributed by atoms with Crippen molar-refractivity contribution in [3.63, 3.8) is 0 Å². The van der Waals surface area contributed by atoms with E-state index in [0.29, 0.717) is 23.8 Å². The fourth-order valence-electron chi connectivity index (χ4n) is 2.65. The molecule has 1 aliphatic rings. The Balaban J connectivity index is 1.84. The minimum absolute atomic E-state index is 0.0388. The van der Waals surface area contributed by atoms with Crippen LogP contribution in [0.25, 0.3) is 0 Å². The number of aliphatic hydroxyl groups excluding tert-OH is 1. The fraction of sp³-hybridized carbons (Fsp3) is 0.562. The van der Waals surface area contributed by atoms with E-state index in [0.717, 1.165) is 32.2 Å². The van der Waals surface area contributed by atoms with Gasteiger partial charge in [0.25, 0.3) is 0 Å². The topological polar surface area (TPSA) is 49.8 Å². The molecule has 1 N–H and O–H groups in total. The summed E-state index contributed by atoms with van der Waals surface area (Å²) in [5.74, 6) is 0.643. The summed E-state index contributed by atoms with van der Waals surface area (Å²) < 4.78 is 5.56. The summed E-state index contributed by atoms with van der Waals surface area (Å²) in [6.07, 6.45) is 4.39. The van der Waals surface area contributed by atoms with Crippen LogP contribution < -0.4 is 4.74 Å². The molecule has 0 saturated carbocycles. The molecule has 1 saturated heterocycles. The van der Waals surface area contributed by atoms with E-state index in [4.69, 9.17) is 16.3 Å². The van der Waals surface area contributed by atoms with Gasteiger partial charge in [-0.05, 0) is 25.0 Å². The van der Waals surface area contributed by atoms with Crippen LogP contribution in [0.2, 0.25) is 5.02 Å². The number of halogens is 1.